The lowest BCUT2D eigenvalue weighted by Crippen LogP contribution is -2.41. The number of hydrogen-bond donors (Lipinski definition) is 1. The average molecular weight is 315 g/mol. The van der Waals surface area contributed by atoms with E-state index in [1.54, 1.807) is 7.11 Å². The van der Waals surface area contributed by atoms with E-state index in [0.717, 1.165) is 17.6 Å². The molecule has 1 N–H and O–H groups in total. The van der Waals surface area contributed by atoms with E-state index in [2.05, 4.69) is 17.4 Å². The van der Waals surface area contributed by atoms with Gasteiger partial charge in [0.1, 0.15) is 11.4 Å². The molecule has 4 aliphatic rings. The summed E-state index contributed by atoms with van der Waals surface area (Å²) >= 11 is 0. The van der Waals surface area contributed by atoms with Gasteiger partial charge < -0.3 is 14.8 Å². The molecule has 6 atom stereocenters. The Morgan fingerprint density at radius 2 is 1.83 bits per heavy atom. The molecule has 0 spiro atoms. The van der Waals surface area contributed by atoms with E-state index in [4.69, 9.17) is 9.47 Å². The van der Waals surface area contributed by atoms with Crippen molar-refractivity contribution in [1.82, 2.24) is 5.32 Å². The van der Waals surface area contributed by atoms with Crippen molar-refractivity contribution >= 4 is 6.09 Å². The summed E-state index contributed by atoms with van der Waals surface area (Å²) in [5, 5.41) is 3.15. The minimum atomic E-state index is -0.440. The minimum Gasteiger partial charge on any atom is -0.497 e. The molecular weight excluding hydrogens is 290 g/mol. The van der Waals surface area contributed by atoms with Crippen LogP contribution in [0.25, 0.3) is 0 Å². The summed E-state index contributed by atoms with van der Waals surface area (Å²) in [4.78, 5) is 12.1. The number of benzene rings is 1. The molecule has 1 aromatic rings. The number of carbonyl (C=O) groups is 1. The van der Waals surface area contributed by atoms with Crippen molar-refractivity contribution in [3.8, 4) is 5.75 Å². The fourth-order valence-electron chi connectivity index (χ4n) is 5.10. The maximum Gasteiger partial charge on any atom is 0.407 e. The van der Waals surface area contributed by atoms with Gasteiger partial charge in [-0.25, -0.2) is 4.79 Å². The highest BCUT2D eigenvalue weighted by Crippen LogP contribution is 2.75. The van der Waals surface area contributed by atoms with Crippen molar-refractivity contribution < 1.29 is 14.3 Å². The Kier molecular flexibility index (Phi) is 3.16. The molecule has 124 valence electrons. The first kappa shape index (κ1) is 14.9. The summed E-state index contributed by atoms with van der Waals surface area (Å²) in [5.74, 6) is 4.22. The first-order chi connectivity index (χ1) is 10.9. The van der Waals surface area contributed by atoms with Gasteiger partial charge in [-0.1, -0.05) is 12.1 Å². The van der Waals surface area contributed by atoms with Crippen LogP contribution in [0, 0.1) is 23.7 Å². The van der Waals surface area contributed by atoms with Crippen LogP contribution in [0.5, 0.6) is 5.75 Å². The maximum absolute atomic E-state index is 12.1. The number of methoxy groups -OCH3 is 1. The van der Waals surface area contributed by atoms with E-state index < -0.39 is 5.60 Å². The van der Waals surface area contributed by atoms with E-state index in [9.17, 15) is 4.79 Å². The third kappa shape index (κ3) is 2.39. The number of carbonyl (C=O) groups excluding carboxylic acids is 1. The molecule has 23 heavy (non-hydrogen) atoms. The molecule has 4 fully saturated rings. The van der Waals surface area contributed by atoms with E-state index >= 15 is 0 Å². The molecule has 0 aliphatic heterocycles. The molecule has 1 amide bonds. The summed E-state index contributed by atoms with van der Waals surface area (Å²) in [7, 11) is 1.69. The van der Waals surface area contributed by atoms with E-state index in [1.165, 1.54) is 12.0 Å². The summed E-state index contributed by atoms with van der Waals surface area (Å²) < 4.78 is 10.7. The Hall–Kier alpha value is -1.71. The summed E-state index contributed by atoms with van der Waals surface area (Å²) in [6.45, 7) is 5.71. The topological polar surface area (TPSA) is 47.6 Å². The number of nitrogens with one attached hydrogen (secondary N) is 1. The quantitative estimate of drug-likeness (QED) is 0.927. The van der Waals surface area contributed by atoms with Crippen LogP contribution in [-0.2, 0) is 4.74 Å². The molecule has 0 saturated heterocycles. The van der Waals surface area contributed by atoms with E-state index in [1.807, 2.05) is 32.9 Å². The van der Waals surface area contributed by atoms with Crippen molar-refractivity contribution in [3.05, 3.63) is 29.8 Å². The van der Waals surface area contributed by atoms with E-state index in [0.29, 0.717) is 17.8 Å². The molecule has 4 aliphatic carbocycles. The Morgan fingerprint density at radius 1 is 1.13 bits per heavy atom. The summed E-state index contributed by atoms with van der Waals surface area (Å²) in [6.07, 6.45) is 0.973. The van der Waals surface area contributed by atoms with Gasteiger partial charge in [0.2, 0.25) is 0 Å². The number of ether oxygens (including phenoxy) is 2. The first-order valence-electron chi connectivity index (χ1n) is 8.52. The largest absolute Gasteiger partial charge is 0.497 e. The van der Waals surface area contributed by atoms with Crippen molar-refractivity contribution in [2.45, 2.75) is 44.8 Å². The van der Waals surface area contributed by atoms with Crippen molar-refractivity contribution in [3.63, 3.8) is 0 Å². The molecular formula is C19H25NO3. The number of alkyl carbamates (subject to hydrolysis) is 1. The fourth-order valence-corrected chi connectivity index (χ4v) is 5.10. The van der Waals surface area contributed by atoms with Crippen molar-refractivity contribution in [2.75, 3.05) is 7.11 Å². The molecule has 4 bridgehead atoms. The van der Waals surface area contributed by atoms with Crippen LogP contribution in [0.3, 0.4) is 0 Å². The zero-order valence-corrected chi connectivity index (χ0v) is 14.2. The third-order valence-electron chi connectivity index (χ3n) is 5.77. The smallest absolute Gasteiger partial charge is 0.407 e. The number of hydrogen-bond acceptors (Lipinski definition) is 3. The summed E-state index contributed by atoms with van der Waals surface area (Å²) in [6, 6.07) is 8.73. The van der Waals surface area contributed by atoms with Crippen molar-refractivity contribution in [2.24, 2.45) is 23.7 Å². The lowest BCUT2D eigenvalue weighted by molar-refractivity contribution is 0.0492. The van der Waals surface area contributed by atoms with Gasteiger partial charge in [0.15, 0.2) is 0 Å². The normalized spacial score (nSPS) is 36.7. The Bertz CT molecular complexity index is 618. The molecule has 4 nitrogen and oxygen atoms in total. The minimum absolute atomic E-state index is 0.269. The lowest BCUT2D eigenvalue weighted by Gasteiger charge is -2.25. The standard InChI is InChI=1S/C19H25NO3/c1-19(2,3)23-18(21)20-17-13-9-12-15(16(12)17)14(13)10-5-7-11(22-4)8-6-10/h5-8,12-17H,9H2,1-4H3,(H,20,21)/t12-,13?,14?,15?,16?,17?/m0/s1. The molecule has 4 saturated carbocycles. The highest BCUT2D eigenvalue weighted by Gasteiger charge is 2.73. The van der Waals surface area contributed by atoms with Crippen LogP contribution < -0.4 is 10.1 Å². The van der Waals surface area contributed by atoms with Gasteiger partial charge in [-0.2, -0.15) is 0 Å². The third-order valence-corrected chi connectivity index (χ3v) is 5.77. The maximum atomic E-state index is 12.1. The zero-order valence-electron chi connectivity index (χ0n) is 14.2. The predicted molar refractivity (Wildman–Crippen MR) is 87.5 cm³/mol. The molecule has 0 radical (unpaired) electrons. The summed E-state index contributed by atoms with van der Waals surface area (Å²) in [5.41, 5.74) is 0.948. The number of amides is 1. The van der Waals surface area contributed by atoms with Gasteiger partial charge in [-0.05, 0) is 74.5 Å². The second-order valence-corrected chi connectivity index (χ2v) is 8.19. The highest BCUT2D eigenvalue weighted by atomic mass is 16.6. The monoisotopic (exact) mass is 315 g/mol. The predicted octanol–water partition coefficient (Wildman–Crippen LogP) is 3.57. The Labute approximate surface area is 137 Å². The van der Waals surface area contributed by atoms with Crippen molar-refractivity contribution in [1.29, 1.82) is 0 Å². The van der Waals surface area contributed by atoms with Gasteiger partial charge in [0.25, 0.3) is 0 Å². The molecule has 5 unspecified atom stereocenters. The van der Waals surface area contributed by atoms with Crippen LogP contribution in [0.4, 0.5) is 4.79 Å². The van der Waals surface area contributed by atoms with Gasteiger partial charge in [-0.15, -0.1) is 0 Å². The second kappa shape index (κ2) is 4.89. The molecule has 1 aromatic carbocycles. The van der Waals surface area contributed by atoms with Crippen LogP contribution in [0.1, 0.15) is 38.7 Å². The van der Waals surface area contributed by atoms with Gasteiger partial charge in [0.05, 0.1) is 7.11 Å². The average Bonchev–Trinajstić information content (AvgIpc) is 2.79. The van der Waals surface area contributed by atoms with Crippen LogP contribution in [0.15, 0.2) is 24.3 Å². The lowest BCUT2D eigenvalue weighted by atomic mass is 9.89. The molecule has 5 rings (SSSR count). The first-order valence-corrected chi connectivity index (χ1v) is 8.52. The van der Waals surface area contributed by atoms with E-state index in [-0.39, 0.29) is 12.1 Å². The van der Waals surface area contributed by atoms with Crippen LogP contribution in [0.2, 0.25) is 0 Å². The zero-order chi connectivity index (χ0) is 16.4. The van der Waals surface area contributed by atoms with Gasteiger partial charge in [-0.3, -0.25) is 0 Å². The van der Waals surface area contributed by atoms with Crippen LogP contribution >= 0.6 is 0 Å². The highest BCUT2D eigenvalue weighted by molar-refractivity contribution is 5.68. The van der Waals surface area contributed by atoms with Gasteiger partial charge in [0, 0.05) is 6.04 Å². The van der Waals surface area contributed by atoms with Crippen LogP contribution in [-0.4, -0.2) is 24.8 Å². The molecule has 0 aromatic heterocycles. The number of rotatable bonds is 3. The second-order valence-electron chi connectivity index (χ2n) is 8.19. The Morgan fingerprint density at radius 3 is 2.39 bits per heavy atom. The molecule has 0 heterocycles. The molecule has 4 heteroatoms. The van der Waals surface area contributed by atoms with Gasteiger partial charge >= 0.3 is 6.09 Å². The SMILES string of the molecule is COc1ccc(C2C3C[C@@H]4C(C3NC(=O)OC(C)(C)C)C24)cc1. The fraction of sp³-hybridized carbons (Fsp3) is 0.632. The Balaban J connectivity index is 1.47.